The summed E-state index contributed by atoms with van der Waals surface area (Å²) in [5, 5.41) is 7.41. The molecule has 0 aliphatic carbocycles. The number of oxazole rings is 1. The fourth-order valence-corrected chi connectivity index (χ4v) is 2.65. The van der Waals surface area contributed by atoms with Crippen LogP contribution in [0.15, 0.2) is 33.2 Å². The minimum absolute atomic E-state index is 0.138. The van der Waals surface area contributed by atoms with Crippen LogP contribution in [0.25, 0.3) is 23.3 Å². The summed E-state index contributed by atoms with van der Waals surface area (Å²) < 4.78 is 10.9. The smallest absolute Gasteiger partial charge is 0.250 e. The van der Waals surface area contributed by atoms with Crippen molar-refractivity contribution in [1.29, 1.82) is 0 Å². The van der Waals surface area contributed by atoms with Crippen molar-refractivity contribution in [3.05, 3.63) is 41.9 Å². The van der Waals surface area contributed by atoms with Crippen molar-refractivity contribution < 1.29 is 8.94 Å². The highest BCUT2D eigenvalue weighted by Gasteiger charge is 2.24. The summed E-state index contributed by atoms with van der Waals surface area (Å²) in [4.78, 5) is 11.0. The molecule has 3 heterocycles. The van der Waals surface area contributed by atoms with Gasteiger partial charge in [0.1, 0.15) is 5.52 Å². The van der Waals surface area contributed by atoms with E-state index in [0.29, 0.717) is 17.6 Å². The van der Waals surface area contributed by atoms with E-state index in [4.69, 9.17) is 8.94 Å². The average molecular weight is 311 g/mol. The highest BCUT2D eigenvalue weighted by Crippen LogP contribution is 2.19. The Morgan fingerprint density at radius 2 is 2.09 bits per heavy atom. The molecular formula is C16H17N5O2. The van der Waals surface area contributed by atoms with Crippen LogP contribution in [0.3, 0.4) is 0 Å². The van der Waals surface area contributed by atoms with E-state index in [2.05, 4.69) is 32.4 Å². The van der Waals surface area contributed by atoms with Crippen LogP contribution in [0.5, 0.6) is 0 Å². The summed E-state index contributed by atoms with van der Waals surface area (Å²) in [6.45, 7) is 2.77. The molecule has 4 rings (SSSR count). The number of aromatic nitrogens is 3. The number of para-hydroxylation sites is 2. The zero-order valence-corrected chi connectivity index (χ0v) is 12.8. The summed E-state index contributed by atoms with van der Waals surface area (Å²) in [6, 6.07) is 7.78. The molecule has 7 heteroatoms. The number of nitrogens with one attached hydrogen (secondary N) is 1. The first-order chi connectivity index (χ1) is 11.3. The van der Waals surface area contributed by atoms with Gasteiger partial charge in [-0.05, 0) is 19.2 Å². The number of hydrogen-bond acceptors (Lipinski definition) is 7. The second-order valence-electron chi connectivity index (χ2n) is 5.54. The molecule has 3 aromatic rings. The lowest BCUT2D eigenvalue weighted by molar-refractivity contribution is 0.190. The molecule has 1 unspecified atom stereocenters. The van der Waals surface area contributed by atoms with Gasteiger partial charge in [-0.1, -0.05) is 17.3 Å². The lowest BCUT2D eigenvalue weighted by Crippen LogP contribution is -2.44. The van der Waals surface area contributed by atoms with Gasteiger partial charge in [0, 0.05) is 31.8 Å². The van der Waals surface area contributed by atoms with Crippen molar-refractivity contribution in [3.8, 4) is 0 Å². The predicted molar refractivity (Wildman–Crippen MR) is 85.5 cm³/mol. The Balaban J connectivity index is 1.52. The largest absolute Gasteiger partial charge is 0.437 e. The van der Waals surface area contributed by atoms with Crippen molar-refractivity contribution in [2.24, 2.45) is 0 Å². The molecule has 0 amide bonds. The molecule has 0 spiro atoms. The van der Waals surface area contributed by atoms with Crippen LogP contribution >= 0.6 is 0 Å². The maximum atomic E-state index is 5.62. The molecule has 0 saturated carbocycles. The maximum absolute atomic E-state index is 5.62. The molecule has 23 heavy (non-hydrogen) atoms. The average Bonchev–Trinajstić information content (AvgIpc) is 3.19. The Kier molecular flexibility index (Phi) is 3.64. The molecule has 0 bridgehead atoms. The third-order valence-corrected chi connectivity index (χ3v) is 3.95. The van der Waals surface area contributed by atoms with Gasteiger partial charge in [-0.2, -0.15) is 4.98 Å². The van der Waals surface area contributed by atoms with Gasteiger partial charge in [-0.25, -0.2) is 4.98 Å². The normalized spacial score (nSPS) is 19.8. The molecule has 1 fully saturated rings. The molecule has 1 atom stereocenters. The van der Waals surface area contributed by atoms with Gasteiger partial charge in [0.2, 0.25) is 5.89 Å². The van der Waals surface area contributed by atoms with Gasteiger partial charge < -0.3 is 14.3 Å². The first-order valence-electron chi connectivity index (χ1n) is 7.58. The van der Waals surface area contributed by atoms with Crippen molar-refractivity contribution in [2.75, 3.05) is 26.7 Å². The van der Waals surface area contributed by atoms with Gasteiger partial charge in [0.05, 0.1) is 6.04 Å². The molecule has 1 aromatic carbocycles. The lowest BCUT2D eigenvalue weighted by atomic mass is 10.2. The zero-order chi connectivity index (χ0) is 15.6. The van der Waals surface area contributed by atoms with Crippen LogP contribution in [0, 0.1) is 0 Å². The Labute approximate surface area is 133 Å². The fraction of sp³-hybridized carbons (Fsp3) is 0.312. The van der Waals surface area contributed by atoms with Gasteiger partial charge in [-0.15, -0.1) is 0 Å². The molecule has 7 nitrogen and oxygen atoms in total. The van der Waals surface area contributed by atoms with Crippen LogP contribution in [-0.4, -0.2) is 46.7 Å². The first kappa shape index (κ1) is 14.1. The van der Waals surface area contributed by atoms with Crippen LogP contribution in [-0.2, 0) is 0 Å². The van der Waals surface area contributed by atoms with Crippen LogP contribution < -0.4 is 5.32 Å². The van der Waals surface area contributed by atoms with Crippen LogP contribution in [0.2, 0.25) is 0 Å². The molecule has 1 aliphatic heterocycles. The number of benzene rings is 1. The van der Waals surface area contributed by atoms with E-state index in [-0.39, 0.29) is 6.04 Å². The number of rotatable bonds is 3. The Morgan fingerprint density at radius 1 is 1.22 bits per heavy atom. The Morgan fingerprint density at radius 3 is 2.96 bits per heavy atom. The highest BCUT2D eigenvalue weighted by atomic mass is 16.5. The Bertz CT molecular complexity index is 805. The third kappa shape index (κ3) is 2.88. The van der Waals surface area contributed by atoms with E-state index in [1.807, 2.05) is 24.3 Å². The van der Waals surface area contributed by atoms with E-state index in [0.717, 1.165) is 30.7 Å². The summed E-state index contributed by atoms with van der Waals surface area (Å²) in [5.41, 5.74) is 1.58. The monoisotopic (exact) mass is 311 g/mol. The van der Waals surface area contributed by atoms with Crippen molar-refractivity contribution in [3.63, 3.8) is 0 Å². The summed E-state index contributed by atoms with van der Waals surface area (Å²) >= 11 is 0. The standard InChI is InChI=1S/C16H17N5O2/c1-21-9-8-17-10-12(21)16-19-15(23-20-16)7-6-14-18-11-4-2-3-5-13(11)22-14/h2-7,12,17H,8-10H2,1H3/b7-6+. The topological polar surface area (TPSA) is 80.2 Å². The number of likely N-dealkylation sites (N-methyl/N-ethyl adjacent to an activating group) is 1. The van der Waals surface area contributed by atoms with E-state index in [9.17, 15) is 0 Å². The van der Waals surface area contributed by atoms with E-state index >= 15 is 0 Å². The van der Waals surface area contributed by atoms with E-state index in [1.54, 1.807) is 12.2 Å². The van der Waals surface area contributed by atoms with E-state index in [1.165, 1.54) is 0 Å². The minimum atomic E-state index is 0.138. The quantitative estimate of drug-likeness (QED) is 0.792. The lowest BCUT2D eigenvalue weighted by Gasteiger charge is -2.30. The van der Waals surface area contributed by atoms with Crippen molar-refractivity contribution >= 4 is 23.3 Å². The summed E-state index contributed by atoms with van der Waals surface area (Å²) in [7, 11) is 2.07. The maximum Gasteiger partial charge on any atom is 0.250 e. The van der Waals surface area contributed by atoms with Gasteiger partial charge in [0.25, 0.3) is 5.89 Å². The molecule has 1 N–H and O–H groups in total. The van der Waals surface area contributed by atoms with Gasteiger partial charge in [-0.3, -0.25) is 4.90 Å². The van der Waals surface area contributed by atoms with Crippen LogP contribution in [0.4, 0.5) is 0 Å². The summed E-state index contributed by atoms with van der Waals surface area (Å²) in [6.07, 6.45) is 3.46. The van der Waals surface area contributed by atoms with Crippen molar-refractivity contribution in [1.82, 2.24) is 25.3 Å². The van der Waals surface area contributed by atoms with Crippen molar-refractivity contribution in [2.45, 2.75) is 6.04 Å². The second-order valence-corrected chi connectivity index (χ2v) is 5.54. The molecular weight excluding hydrogens is 294 g/mol. The fourth-order valence-electron chi connectivity index (χ4n) is 2.65. The minimum Gasteiger partial charge on any atom is -0.437 e. The summed E-state index contributed by atoms with van der Waals surface area (Å²) in [5.74, 6) is 1.65. The molecule has 118 valence electrons. The van der Waals surface area contributed by atoms with Gasteiger partial charge >= 0.3 is 0 Å². The van der Waals surface area contributed by atoms with Gasteiger partial charge in [0.15, 0.2) is 11.4 Å². The molecule has 0 radical (unpaired) electrons. The first-order valence-corrected chi connectivity index (χ1v) is 7.58. The molecule has 2 aromatic heterocycles. The Hall–Kier alpha value is -2.51. The molecule has 1 aliphatic rings. The third-order valence-electron chi connectivity index (χ3n) is 3.95. The van der Waals surface area contributed by atoms with E-state index < -0.39 is 0 Å². The SMILES string of the molecule is CN1CCNCC1c1noc(/C=C/c2nc3ccccc3o2)n1. The number of piperazine rings is 1. The van der Waals surface area contributed by atoms with Crippen LogP contribution in [0.1, 0.15) is 23.6 Å². The number of hydrogen-bond donors (Lipinski definition) is 1. The highest BCUT2D eigenvalue weighted by molar-refractivity contribution is 5.75. The molecule has 1 saturated heterocycles. The number of fused-ring (bicyclic) bond motifs is 1. The predicted octanol–water partition coefficient (Wildman–Crippen LogP) is 1.96. The number of nitrogens with zero attached hydrogens (tertiary/aromatic N) is 4. The zero-order valence-electron chi connectivity index (χ0n) is 12.8. The second kappa shape index (κ2) is 5.94.